The fourth-order valence-corrected chi connectivity index (χ4v) is 1.91. The number of hydrogen-bond donors (Lipinski definition) is 1. The molecule has 1 rings (SSSR count). The van der Waals surface area contributed by atoms with Crippen LogP contribution in [0.15, 0.2) is 0 Å². The molecule has 0 spiro atoms. The Balaban J connectivity index is 2.30. The summed E-state index contributed by atoms with van der Waals surface area (Å²) in [5, 5.41) is 0. The van der Waals surface area contributed by atoms with Gasteiger partial charge in [-0.15, -0.1) is 0 Å². The molecule has 4 nitrogen and oxygen atoms in total. The van der Waals surface area contributed by atoms with Crippen molar-refractivity contribution in [2.24, 2.45) is 5.73 Å². The summed E-state index contributed by atoms with van der Waals surface area (Å²) >= 11 is 0. The van der Waals surface area contributed by atoms with Gasteiger partial charge in [-0.3, -0.25) is 0 Å². The fourth-order valence-electron chi connectivity index (χ4n) is 1.91. The lowest BCUT2D eigenvalue weighted by Crippen LogP contribution is -2.36. The molecule has 3 unspecified atom stereocenters. The van der Waals surface area contributed by atoms with Gasteiger partial charge in [0.05, 0.1) is 12.7 Å². The van der Waals surface area contributed by atoms with Gasteiger partial charge >= 0.3 is 5.97 Å². The van der Waals surface area contributed by atoms with Gasteiger partial charge in [-0.25, -0.2) is 4.79 Å². The second-order valence-electron chi connectivity index (χ2n) is 4.08. The van der Waals surface area contributed by atoms with Crippen molar-refractivity contribution in [3.05, 3.63) is 0 Å². The zero-order valence-electron chi connectivity index (χ0n) is 9.57. The zero-order chi connectivity index (χ0) is 11.3. The first-order valence-electron chi connectivity index (χ1n) is 5.71. The van der Waals surface area contributed by atoms with Gasteiger partial charge in [0.1, 0.15) is 0 Å². The Hall–Kier alpha value is -0.610. The molecule has 0 saturated heterocycles. The smallest absolute Gasteiger partial charge is 0.334 e. The molecule has 0 aromatic rings. The van der Waals surface area contributed by atoms with Crippen LogP contribution in [0.2, 0.25) is 0 Å². The van der Waals surface area contributed by atoms with Crippen molar-refractivity contribution in [2.75, 3.05) is 6.61 Å². The molecule has 0 bridgehead atoms. The Morgan fingerprint density at radius 1 is 1.53 bits per heavy atom. The van der Waals surface area contributed by atoms with E-state index < -0.39 is 6.10 Å². The van der Waals surface area contributed by atoms with Gasteiger partial charge in [0.25, 0.3) is 0 Å². The number of ether oxygens (including phenoxy) is 2. The molecular weight excluding hydrogens is 194 g/mol. The van der Waals surface area contributed by atoms with E-state index in [9.17, 15) is 4.79 Å². The number of carbonyl (C=O) groups is 1. The first-order chi connectivity index (χ1) is 7.13. The second-order valence-corrected chi connectivity index (χ2v) is 4.08. The van der Waals surface area contributed by atoms with Crippen molar-refractivity contribution < 1.29 is 14.3 Å². The van der Waals surface area contributed by atoms with Crippen LogP contribution in [0.25, 0.3) is 0 Å². The Bertz CT molecular complexity index is 208. The summed E-state index contributed by atoms with van der Waals surface area (Å²) in [5.74, 6) is -0.281. The van der Waals surface area contributed by atoms with E-state index in [-0.39, 0.29) is 18.1 Å². The van der Waals surface area contributed by atoms with Gasteiger partial charge in [0.2, 0.25) is 0 Å². The second kappa shape index (κ2) is 6.08. The molecule has 1 aliphatic rings. The first kappa shape index (κ1) is 12.5. The summed E-state index contributed by atoms with van der Waals surface area (Å²) in [4.78, 5) is 11.3. The number of esters is 1. The van der Waals surface area contributed by atoms with E-state index in [4.69, 9.17) is 15.2 Å². The molecule has 0 radical (unpaired) electrons. The normalized spacial score (nSPS) is 28.5. The van der Waals surface area contributed by atoms with E-state index in [1.54, 1.807) is 13.8 Å². The quantitative estimate of drug-likeness (QED) is 0.716. The first-order valence-corrected chi connectivity index (χ1v) is 5.71. The van der Waals surface area contributed by atoms with E-state index in [2.05, 4.69) is 0 Å². The van der Waals surface area contributed by atoms with Gasteiger partial charge in [0, 0.05) is 6.04 Å². The molecule has 4 heteroatoms. The molecule has 2 N–H and O–H groups in total. The molecule has 88 valence electrons. The predicted molar refractivity (Wildman–Crippen MR) is 57.4 cm³/mol. The largest absolute Gasteiger partial charge is 0.464 e. The topological polar surface area (TPSA) is 61.5 Å². The highest BCUT2D eigenvalue weighted by Crippen LogP contribution is 2.21. The molecular formula is C11H21NO3. The highest BCUT2D eigenvalue weighted by atomic mass is 16.6. The maximum Gasteiger partial charge on any atom is 0.334 e. The van der Waals surface area contributed by atoms with Crippen LogP contribution >= 0.6 is 0 Å². The molecule has 1 aliphatic carbocycles. The summed E-state index contributed by atoms with van der Waals surface area (Å²) in [6, 6.07) is 0.221. The summed E-state index contributed by atoms with van der Waals surface area (Å²) in [5.41, 5.74) is 5.84. The van der Waals surface area contributed by atoms with E-state index in [0.717, 1.165) is 25.7 Å². The molecule has 3 atom stereocenters. The van der Waals surface area contributed by atoms with Crippen molar-refractivity contribution in [3.8, 4) is 0 Å². The summed E-state index contributed by atoms with van der Waals surface area (Å²) in [6.07, 6.45) is 3.64. The third kappa shape index (κ3) is 4.18. The Morgan fingerprint density at radius 3 is 2.87 bits per heavy atom. The monoisotopic (exact) mass is 215 g/mol. The van der Waals surface area contributed by atoms with Gasteiger partial charge < -0.3 is 15.2 Å². The summed E-state index contributed by atoms with van der Waals surface area (Å²) in [6.45, 7) is 3.93. The molecule has 15 heavy (non-hydrogen) atoms. The van der Waals surface area contributed by atoms with E-state index in [1.807, 2.05) is 0 Å². The van der Waals surface area contributed by atoms with Crippen LogP contribution in [-0.2, 0) is 14.3 Å². The SMILES string of the molecule is CCOC(=O)C(C)OC1CCCC(N)C1. The third-order valence-corrected chi connectivity index (χ3v) is 2.68. The number of carbonyl (C=O) groups excluding carboxylic acids is 1. The molecule has 0 aliphatic heterocycles. The van der Waals surface area contributed by atoms with Crippen LogP contribution in [-0.4, -0.2) is 30.8 Å². The van der Waals surface area contributed by atoms with Gasteiger partial charge in [0.15, 0.2) is 6.10 Å². The van der Waals surface area contributed by atoms with Crippen LogP contribution in [0.3, 0.4) is 0 Å². The van der Waals surface area contributed by atoms with Crippen LogP contribution in [0, 0.1) is 0 Å². The molecule has 0 aromatic carbocycles. The third-order valence-electron chi connectivity index (χ3n) is 2.68. The Labute approximate surface area is 91.1 Å². The van der Waals surface area contributed by atoms with Crippen LogP contribution in [0.1, 0.15) is 39.5 Å². The Kier molecular flexibility index (Phi) is 5.05. The predicted octanol–water partition coefficient (Wildman–Crippen LogP) is 1.22. The van der Waals surface area contributed by atoms with Crippen molar-refractivity contribution >= 4 is 5.97 Å². The minimum Gasteiger partial charge on any atom is -0.464 e. The summed E-state index contributed by atoms with van der Waals surface area (Å²) in [7, 11) is 0. The van der Waals surface area contributed by atoms with Crippen molar-refractivity contribution in [1.82, 2.24) is 0 Å². The lowest BCUT2D eigenvalue weighted by Gasteiger charge is -2.28. The standard InChI is InChI=1S/C11H21NO3/c1-3-14-11(13)8(2)15-10-6-4-5-9(12)7-10/h8-10H,3-7,12H2,1-2H3. The van der Waals surface area contributed by atoms with Gasteiger partial charge in [-0.2, -0.15) is 0 Å². The maximum atomic E-state index is 11.3. The highest BCUT2D eigenvalue weighted by Gasteiger charge is 2.24. The highest BCUT2D eigenvalue weighted by molar-refractivity contribution is 5.74. The summed E-state index contributed by atoms with van der Waals surface area (Å²) < 4.78 is 10.5. The lowest BCUT2D eigenvalue weighted by atomic mass is 9.93. The lowest BCUT2D eigenvalue weighted by molar-refractivity contribution is -0.160. The number of nitrogens with two attached hydrogens (primary N) is 1. The Morgan fingerprint density at radius 2 is 2.27 bits per heavy atom. The van der Waals surface area contributed by atoms with Crippen LogP contribution in [0.5, 0.6) is 0 Å². The van der Waals surface area contributed by atoms with E-state index in [1.165, 1.54) is 0 Å². The van der Waals surface area contributed by atoms with Crippen molar-refractivity contribution in [3.63, 3.8) is 0 Å². The molecule has 1 fully saturated rings. The van der Waals surface area contributed by atoms with Crippen molar-refractivity contribution in [1.29, 1.82) is 0 Å². The fraction of sp³-hybridized carbons (Fsp3) is 0.909. The van der Waals surface area contributed by atoms with Crippen LogP contribution in [0.4, 0.5) is 0 Å². The average Bonchev–Trinajstić information content (AvgIpc) is 2.18. The molecule has 0 heterocycles. The molecule has 1 saturated carbocycles. The van der Waals surface area contributed by atoms with Crippen LogP contribution < -0.4 is 5.73 Å². The minimum atomic E-state index is -0.472. The van der Waals surface area contributed by atoms with Gasteiger partial charge in [-0.1, -0.05) is 0 Å². The number of hydrogen-bond acceptors (Lipinski definition) is 4. The van der Waals surface area contributed by atoms with E-state index >= 15 is 0 Å². The maximum absolute atomic E-state index is 11.3. The molecule has 0 amide bonds. The minimum absolute atomic E-state index is 0.119. The van der Waals surface area contributed by atoms with E-state index in [0.29, 0.717) is 6.61 Å². The van der Waals surface area contributed by atoms with Gasteiger partial charge in [-0.05, 0) is 39.5 Å². The average molecular weight is 215 g/mol. The zero-order valence-corrected chi connectivity index (χ0v) is 9.57. The van der Waals surface area contributed by atoms with Crippen molar-refractivity contribution in [2.45, 2.75) is 57.8 Å². The molecule has 0 aromatic heterocycles. The number of rotatable bonds is 4.